The van der Waals surface area contributed by atoms with E-state index in [0.717, 1.165) is 12.8 Å². The number of anilines is 2. The van der Waals surface area contributed by atoms with Crippen LogP contribution in [-0.2, 0) is 16.6 Å². The molecular formula is C17H20FN5O2. The zero-order chi connectivity index (χ0) is 17.8. The average Bonchev–Trinajstić information content (AvgIpc) is 3.00. The molecule has 0 radical (unpaired) electrons. The number of nitrogens with zero attached hydrogens (tertiary/aromatic N) is 3. The molecule has 1 aromatic carbocycles. The number of piperidine rings is 1. The Labute approximate surface area is 144 Å². The Morgan fingerprint density at radius 1 is 1.24 bits per heavy atom. The minimum absolute atomic E-state index is 0.210. The molecule has 1 unspecified atom stereocenters. The maximum absolute atomic E-state index is 13.9. The van der Waals surface area contributed by atoms with E-state index in [9.17, 15) is 14.0 Å². The molecule has 1 fully saturated rings. The van der Waals surface area contributed by atoms with Gasteiger partial charge < -0.3 is 15.5 Å². The first-order chi connectivity index (χ1) is 12.0. The lowest BCUT2D eigenvalue weighted by Crippen LogP contribution is -2.50. The van der Waals surface area contributed by atoms with Crippen LogP contribution in [0.1, 0.15) is 12.8 Å². The van der Waals surface area contributed by atoms with Crippen molar-refractivity contribution in [2.24, 2.45) is 7.05 Å². The summed E-state index contributed by atoms with van der Waals surface area (Å²) in [5.41, 5.74) is 0.515. The van der Waals surface area contributed by atoms with Gasteiger partial charge in [-0.15, -0.1) is 0 Å². The maximum atomic E-state index is 13.9. The van der Waals surface area contributed by atoms with Crippen molar-refractivity contribution in [1.82, 2.24) is 15.1 Å². The Balaban J connectivity index is 1.59. The minimum atomic E-state index is -0.744. The summed E-state index contributed by atoms with van der Waals surface area (Å²) in [4.78, 5) is 26.0. The largest absolute Gasteiger partial charge is 0.367 e. The molecule has 2 aromatic rings. The van der Waals surface area contributed by atoms with E-state index in [1.807, 2.05) is 4.90 Å². The van der Waals surface area contributed by atoms with Crippen molar-refractivity contribution >= 4 is 23.3 Å². The Bertz CT molecular complexity index is 776. The molecule has 3 rings (SSSR count). The molecule has 0 saturated carbocycles. The smallest absolute Gasteiger partial charge is 0.314 e. The molecule has 2 amide bonds. The van der Waals surface area contributed by atoms with Gasteiger partial charge in [0, 0.05) is 32.2 Å². The van der Waals surface area contributed by atoms with Crippen molar-refractivity contribution in [3.63, 3.8) is 0 Å². The molecule has 7 nitrogen and oxygen atoms in total. The summed E-state index contributed by atoms with van der Waals surface area (Å²) < 4.78 is 15.4. The van der Waals surface area contributed by atoms with Gasteiger partial charge in [0.2, 0.25) is 0 Å². The summed E-state index contributed by atoms with van der Waals surface area (Å²) in [6.45, 7) is 1.18. The molecule has 2 heterocycles. The van der Waals surface area contributed by atoms with Gasteiger partial charge in [-0.3, -0.25) is 14.3 Å². The van der Waals surface area contributed by atoms with Gasteiger partial charge >= 0.3 is 11.8 Å². The molecule has 0 bridgehead atoms. The number of halogens is 1. The van der Waals surface area contributed by atoms with Crippen LogP contribution in [0.15, 0.2) is 36.5 Å². The van der Waals surface area contributed by atoms with E-state index in [1.165, 1.54) is 16.9 Å². The van der Waals surface area contributed by atoms with Crippen LogP contribution in [0, 0.1) is 5.82 Å². The molecule has 132 valence electrons. The summed E-state index contributed by atoms with van der Waals surface area (Å²) >= 11 is 0. The lowest BCUT2D eigenvalue weighted by atomic mass is 10.0. The second kappa shape index (κ2) is 7.33. The first kappa shape index (κ1) is 16.9. The fourth-order valence-corrected chi connectivity index (χ4v) is 2.94. The number of aromatic nitrogens is 2. The molecule has 2 N–H and O–H groups in total. The fourth-order valence-electron chi connectivity index (χ4n) is 2.94. The highest BCUT2D eigenvalue weighted by Gasteiger charge is 2.25. The number of hydrogen-bond acceptors (Lipinski definition) is 4. The van der Waals surface area contributed by atoms with E-state index < -0.39 is 11.8 Å². The average molecular weight is 345 g/mol. The van der Waals surface area contributed by atoms with Gasteiger partial charge in [-0.25, -0.2) is 4.39 Å². The van der Waals surface area contributed by atoms with Crippen LogP contribution in [-0.4, -0.2) is 40.7 Å². The molecule has 1 aliphatic rings. The third kappa shape index (κ3) is 3.96. The summed E-state index contributed by atoms with van der Waals surface area (Å²) in [5.74, 6) is -1.30. The van der Waals surface area contributed by atoms with Gasteiger partial charge in [-0.2, -0.15) is 5.10 Å². The number of hydrogen-bond donors (Lipinski definition) is 2. The number of para-hydroxylation sites is 1. The SMILES string of the molecule is Cn1nccc1NC(=O)C(=O)NC1CCCN(c2ccccc2F)C1. The van der Waals surface area contributed by atoms with Crippen molar-refractivity contribution in [3.8, 4) is 0 Å². The van der Waals surface area contributed by atoms with E-state index in [4.69, 9.17) is 0 Å². The van der Waals surface area contributed by atoms with Crippen LogP contribution in [0.2, 0.25) is 0 Å². The van der Waals surface area contributed by atoms with Crippen LogP contribution in [0.4, 0.5) is 15.9 Å². The van der Waals surface area contributed by atoms with Crippen LogP contribution >= 0.6 is 0 Å². The van der Waals surface area contributed by atoms with Crippen molar-refractivity contribution < 1.29 is 14.0 Å². The maximum Gasteiger partial charge on any atom is 0.314 e. The molecule has 0 aliphatic carbocycles. The first-order valence-electron chi connectivity index (χ1n) is 8.14. The van der Waals surface area contributed by atoms with E-state index in [0.29, 0.717) is 24.6 Å². The predicted molar refractivity (Wildman–Crippen MR) is 91.6 cm³/mol. The molecule has 1 aliphatic heterocycles. The number of carbonyl (C=O) groups is 2. The number of amides is 2. The fraction of sp³-hybridized carbons (Fsp3) is 0.353. The quantitative estimate of drug-likeness (QED) is 0.822. The van der Waals surface area contributed by atoms with Crippen molar-refractivity contribution in [1.29, 1.82) is 0 Å². The van der Waals surface area contributed by atoms with Gasteiger partial charge in [0.15, 0.2) is 0 Å². The third-order valence-electron chi connectivity index (χ3n) is 4.22. The Morgan fingerprint density at radius 2 is 2.04 bits per heavy atom. The van der Waals surface area contributed by atoms with Crippen molar-refractivity contribution in [2.75, 3.05) is 23.3 Å². The zero-order valence-corrected chi connectivity index (χ0v) is 13.9. The van der Waals surface area contributed by atoms with Crippen molar-refractivity contribution in [3.05, 3.63) is 42.3 Å². The summed E-state index contributed by atoms with van der Waals surface area (Å²) in [6.07, 6.45) is 3.08. The lowest BCUT2D eigenvalue weighted by Gasteiger charge is -2.34. The highest BCUT2D eigenvalue weighted by Crippen LogP contribution is 2.22. The number of rotatable bonds is 3. The van der Waals surface area contributed by atoms with Gasteiger partial charge in [-0.1, -0.05) is 12.1 Å². The van der Waals surface area contributed by atoms with Gasteiger partial charge in [-0.05, 0) is 25.0 Å². The van der Waals surface area contributed by atoms with E-state index >= 15 is 0 Å². The molecule has 0 spiro atoms. The molecule has 1 saturated heterocycles. The van der Waals surface area contributed by atoms with E-state index in [-0.39, 0.29) is 11.9 Å². The van der Waals surface area contributed by atoms with Gasteiger partial charge in [0.25, 0.3) is 0 Å². The number of nitrogens with one attached hydrogen (secondary N) is 2. The highest BCUT2D eigenvalue weighted by molar-refractivity contribution is 6.39. The Hall–Kier alpha value is -2.90. The lowest BCUT2D eigenvalue weighted by molar-refractivity contribution is -0.136. The van der Waals surface area contributed by atoms with Gasteiger partial charge in [0.05, 0.1) is 11.9 Å². The number of aryl methyl sites for hydroxylation is 1. The van der Waals surface area contributed by atoms with E-state index in [1.54, 1.807) is 31.3 Å². The highest BCUT2D eigenvalue weighted by atomic mass is 19.1. The van der Waals surface area contributed by atoms with Crippen LogP contribution in [0.25, 0.3) is 0 Å². The molecule has 8 heteroatoms. The Kier molecular flexibility index (Phi) is 4.97. The summed E-state index contributed by atoms with van der Waals surface area (Å²) in [5, 5.41) is 9.16. The minimum Gasteiger partial charge on any atom is -0.367 e. The topological polar surface area (TPSA) is 79.3 Å². The van der Waals surface area contributed by atoms with Crippen molar-refractivity contribution in [2.45, 2.75) is 18.9 Å². The van der Waals surface area contributed by atoms with Crippen LogP contribution in [0.3, 0.4) is 0 Å². The third-order valence-corrected chi connectivity index (χ3v) is 4.22. The zero-order valence-electron chi connectivity index (χ0n) is 13.9. The summed E-state index contributed by atoms with van der Waals surface area (Å²) in [6, 6.07) is 7.95. The number of benzene rings is 1. The summed E-state index contributed by atoms with van der Waals surface area (Å²) in [7, 11) is 1.67. The second-order valence-corrected chi connectivity index (χ2v) is 6.00. The van der Waals surface area contributed by atoms with Gasteiger partial charge in [0.1, 0.15) is 11.6 Å². The monoisotopic (exact) mass is 345 g/mol. The van der Waals surface area contributed by atoms with Crippen LogP contribution in [0.5, 0.6) is 0 Å². The molecule has 25 heavy (non-hydrogen) atoms. The standard InChI is InChI=1S/C17H20FN5O2/c1-22-15(8-9-19-22)21-17(25)16(24)20-12-5-4-10-23(11-12)14-7-3-2-6-13(14)18/h2-3,6-9,12H,4-5,10-11H2,1H3,(H,20,24)(H,21,25). The Morgan fingerprint density at radius 3 is 2.76 bits per heavy atom. The molecule has 1 atom stereocenters. The van der Waals surface area contributed by atoms with E-state index in [2.05, 4.69) is 15.7 Å². The second-order valence-electron chi connectivity index (χ2n) is 6.00. The normalized spacial score (nSPS) is 17.2. The number of carbonyl (C=O) groups excluding carboxylic acids is 2. The van der Waals surface area contributed by atoms with Crippen LogP contribution < -0.4 is 15.5 Å². The molecular weight excluding hydrogens is 325 g/mol. The predicted octanol–water partition coefficient (Wildman–Crippen LogP) is 1.28. The first-order valence-corrected chi connectivity index (χ1v) is 8.14. The molecule has 1 aromatic heterocycles.